The first-order chi connectivity index (χ1) is 19.9. The predicted molar refractivity (Wildman–Crippen MR) is 133 cm³/mol. The molecule has 1 unspecified atom stereocenters. The van der Waals surface area contributed by atoms with Crippen molar-refractivity contribution in [2.24, 2.45) is 5.16 Å². The Hall–Kier alpha value is -4.28. The number of alkyl halides is 9. The number of benzene rings is 1. The minimum atomic E-state index is -5.20. The number of hydrogen-bond donors (Lipinski definition) is 2. The molecule has 3 heterocycles. The third kappa shape index (κ3) is 7.03. The van der Waals surface area contributed by atoms with Crippen LogP contribution in [-0.4, -0.2) is 52.4 Å². The van der Waals surface area contributed by atoms with Gasteiger partial charge in [-0.3, -0.25) is 14.0 Å². The maximum Gasteiger partial charge on any atom is 0.435 e. The molecule has 8 nitrogen and oxygen atoms in total. The average molecular weight is 642 g/mol. The zero-order valence-electron chi connectivity index (χ0n) is 21.2. The second kappa shape index (κ2) is 11.4. The van der Waals surface area contributed by atoms with Crippen LogP contribution < -0.4 is 10.6 Å². The number of nitrogens with one attached hydrogen (secondary N) is 2. The van der Waals surface area contributed by atoms with E-state index in [0.29, 0.717) is 18.2 Å². The van der Waals surface area contributed by atoms with Crippen LogP contribution in [0.2, 0.25) is 5.02 Å². The van der Waals surface area contributed by atoms with Crippen molar-refractivity contribution in [2.75, 3.05) is 13.1 Å². The van der Waals surface area contributed by atoms with Gasteiger partial charge in [-0.25, -0.2) is 4.98 Å². The van der Waals surface area contributed by atoms with Crippen molar-refractivity contribution in [1.82, 2.24) is 20.0 Å². The highest BCUT2D eigenvalue weighted by molar-refractivity contribution is 6.30. The molecule has 0 spiro atoms. The lowest BCUT2D eigenvalue weighted by Gasteiger charge is -2.30. The number of imidazole rings is 1. The van der Waals surface area contributed by atoms with Crippen molar-refractivity contribution in [3.05, 3.63) is 76.3 Å². The van der Waals surface area contributed by atoms with E-state index in [-0.39, 0.29) is 22.5 Å². The third-order valence-corrected chi connectivity index (χ3v) is 6.32. The van der Waals surface area contributed by atoms with E-state index in [1.807, 2.05) is 0 Å². The lowest BCUT2D eigenvalue weighted by molar-refractivity contribution is -0.276. The highest BCUT2D eigenvalue weighted by Crippen LogP contribution is 2.49. The van der Waals surface area contributed by atoms with Gasteiger partial charge in [0.15, 0.2) is 0 Å². The summed E-state index contributed by atoms with van der Waals surface area (Å²) in [6, 6.07) is 4.11. The summed E-state index contributed by atoms with van der Waals surface area (Å²) in [4.78, 5) is 32.8. The lowest BCUT2D eigenvalue weighted by Crippen LogP contribution is -2.42. The van der Waals surface area contributed by atoms with Gasteiger partial charge in [-0.2, -0.15) is 39.5 Å². The SMILES string of the molecule is O=C(CNC(=O)c1ccc(/C=C/C2=NOC(c3cc(Cl)cc(C(F)(F)F)c3)(C(F)(F)F)C2)n2cncc12)NCC(F)(F)F. The minimum absolute atomic E-state index is 0.0303. The molecule has 1 aliphatic heterocycles. The molecule has 18 heteroatoms. The Labute approximate surface area is 240 Å². The van der Waals surface area contributed by atoms with Crippen molar-refractivity contribution in [3.63, 3.8) is 0 Å². The van der Waals surface area contributed by atoms with Crippen molar-refractivity contribution < 1.29 is 53.9 Å². The molecular formula is C25H17ClF9N5O3. The van der Waals surface area contributed by atoms with Gasteiger partial charge in [0.1, 0.15) is 6.54 Å². The summed E-state index contributed by atoms with van der Waals surface area (Å²) in [5.41, 5.74) is -5.44. The van der Waals surface area contributed by atoms with Crippen LogP contribution in [0.15, 0.2) is 54.1 Å². The largest absolute Gasteiger partial charge is 0.435 e. The van der Waals surface area contributed by atoms with E-state index in [9.17, 15) is 49.1 Å². The normalized spacial score (nSPS) is 17.7. The molecule has 1 atom stereocenters. The lowest BCUT2D eigenvalue weighted by atomic mass is 9.87. The smallest absolute Gasteiger partial charge is 0.374 e. The molecule has 1 aromatic carbocycles. The molecule has 4 rings (SSSR count). The van der Waals surface area contributed by atoms with Crippen LogP contribution in [0.25, 0.3) is 11.6 Å². The fraction of sp³-hybridized carbons (Fsp3) is 0.280. The molecule has 0 bridgehead atoms. The third-order valence-electron chi connectivity index (χ3n) is 6.10. The van der Waals surface area contributed by atoms with Crippen LogP contribution in [0.1, 0.15) is 33.6 Å². The van der Waals surface area contributed by atoms with Gasteiger partial charge < -0.3 is 15.5 Å². The Morgan fingerprint density at radius 1 is 1.02 bits per heavy atom. The Bertz CT molecular complexity index is 1610. The Balaban J connectivity index is 1.53. The van der Waals surface area contributed by atoms with Crippen molar-refractivity contribution >= 4 is 40.7 Å². The molecule has 2 N–H and O–H groups in total. The fourth-order valence-corrected chi connectivity index (χ4v) is 4.30. The second-order valence-corrected chi connectivity index (χ2v) is 9.57. The number of fused-ring (bicyclic) bond motifs is 1. The van der Waals surface area contributed by atoms with Crippen LogP contribution >= 0.6 is 11.6 Å². The van der Waals surface area contributed by atoms with E-state index in [4.69, 9.17) is 16.4 Å². The molecule has 2 aromatic heterocycles. The van der Waals surface area contributed by atoms with Gasteiger partial charge in [0.25, 0.3) is 11.5 Å². The molecule has 1 aliphatic rings. The van der Waals surface area contributed by atoms with E-state index in [1.54, 1.807) is 5.32 Å². The number of aromatic nitrogens is 2. The molecule has 2 amide bonds. The van der Waals surface area contributed by atoms with Crippen LogP contribution in [-0.2, 0) is 21.4 Å². The molecule has 0 fully saturated rings. The standard InChI is InChI=1S/C25H17ClF9N5O3/c26-15-6-13(5-14(7-15)24(30,31)32)22(25(33,34)35)8-16(39-43-22)1-2-17-3-4-18(19-9-36-12-40(17)19)21(42)37-10-20(41)38-11-23(27,28)29/h1-7,9,12H,8,10-11H2,(H,37,42)(H,38,41)/b2-1+. The molecule has 0 radical (unpaired) electrons. The molecule has 43 heavy (non-hydrogen) atoms. The number of nitrogens with zero attached hydrogens (tertiary/aromatic N) is 3. The summed E-state index contributed by atoms with van der Waals surface area (Å²) >= 11 is 5.70. The molecular weight excluding hydrogens is 625 g/mol. The summed E-state index contributed by atoms with van der Waals surface area (Å²) < 4.78 is 120. The predicted octanol–water partition coefficient (Wildman–Crippen LogP) is 5.66. The zero-order chi connectivity index (χ0) is 31.8. The fourth-order valence-electron chi connectivity index (χ4n) is 4.06. The van der Waals surface area contributed by atoms with Crippen LogP contribution in [0.3, 0.4) is 0 Å². The monoisotopic (exact) mass is 641 g/mol. The first-order valence-corrected chi connectivity index (χ1v) is 12.2. The number of amides is 2. The molecule has 0 aliphatic carbocycles. The van der Waals surface area contributed by atoms with Gasteiger partial charge in [0.05, 0.1) is 41.4 Å². The van der Waals surface area contributed by atoms with Crippen molar-refractivity contribution in [3.8, 4) is 0 Å². The summed E-state index contributed by atoms with van der Waals surface area (Å²) in [5.74, 6) is -1.91. The first kappa shape index (κ1) is 31.7. The van der Waals surface area contributed by atoms with E-state index < -0.39 is 71.6 Å². The number of rotatable bonds is 7. The van der Waals surface area contributed by atoms with E-state index in [0.717, 1.165) is 6.08 Å². The first-order valence-electron chi connectivity index (χ1n) is 11.8. The summed E-state index contributed by atoms with van der Waals surface area (Å²) in [6.07, 6.45) is -10.9. The van der Waals surface area contributed by atoms with Gasteiger partial charge in [-0.1, -0.05) is 16.8 Å². The Morgan fingerprint density at radius 3 is 2.40 bits per heavy atom. The molecule has 0 saturated heterocycles. The summed E-state index contributed by atoms with van der Waals surface area (Å²) in [5, 5.41) is 6.62. The minimum Gasteiger partial charge on any atom is -0.374 e. The number of halogens is 10. The van der Waals surface area contributed by atoms with E-state index in [1.165, 1.54) is 35.1 Å². The average Bonchev–Trinajstić information content (AvgIpc) is 3.56. The number of carbonyl (C=O) groups excluding carboxylic acids is 2. The number of hydrogen-bond acceptors (Lipinski definition) is 5. The highest BCUT2D eigenvalue weighted by atomic mass is 35.5. The number of carbonyl (C=O) groups is 2. The quantitative estimate of drug-likeness (QED) is 0.326. The van der Waals surface area contributed by atoms with Gasteiger partial charge in [-0.05, 0) is 42.5 Å². The Morgan fingerprint density at radius 2 is 1.74 bits per heavy atom. The number of pyridine rings is 1. The van der Waals surface area contributed by atoms with E-state index in [2.05, 4.69) is 15.5 Å². The maximum atomic E-state index is 14.2. The molecule has 3 aromatic rings. The van der Waals surface area contributed by atoms with Gasteiger partial charge in [-0.15, -0.1) is 0 Å². The van der Waals surface area contributed by atoms with Gasteiger partial charge in [0.2, 0.25) is 5.91 Å². The van der Waals surface area contributed by atoms with Crippen LogP contribution in [0.5, 0.6) is 0 Å². The van der Waals surface area contributed by atoms with Crippen LogP contribution in [0, 0.1) is 0 Å². The summed E-state index contributed by atoms with van der Waals surface area (Å²) in [7, 11) is 0. The Kier molecular flexibility index (Phi) is 8.41. The van der Waals surface area contributed by atoms with E-state index >= 15 is 0 Å². The number of allylic oxidation sites excluding steroid dienone is 1. The summed E-state index contributed by atoms with van der Waals surface area (Å²) in [6.45, 7) is -2.33. The van der Waals surface area contributed by atoms with Gasteiger partial charge >= 0.3 is 18.5 Å². The van der Waals surface area contributed by atoms with Crippen molar-refractivity contribution in [2.45, 2.75) is 30.6 Å². The molecule has 0 saturated carbocycles. The number of oxime groups is 1. The van der Waals surface area contributed by atoms with Crippen LogP contribution in [0.4, 0.5) is 39.5 Å². The van der Waals surface area contributed by atoms with Gasteiger partial charge in [0, 0.05) is 22.7 Å². The maximum absolute atomic E-state index is 14.2. The highest BCUT2D eigenvalue weighted by Gasteiger charge is 2.62. The zero-order valence-corrected chi connectivity index (χ0v) is 21.9. The van der Waals surface area contributed by atoms with Crippen molar-refractivity contribution in [1.29, 1.82) is 0 Å². The molecule has 230 valence electrons. The topological polar surface area (TPSA) is 97.1 Å². The second-order valence-electron chi connectivity index (χ2n) is 9.13.